The highest BCUT2D eigenvalue weighted by Crippen LogP contribution is 2.04. The van der Waals surface area contributed by atoms with Crippen molar-refractivity contribution in [3.63, 3.8) is 0 Å². The van der Waals surface area contributed by atoms with Gasteiger partial charge in [-0.1, -0.05) is 30.3 Å². The molecule has 2 aromatic rings. The second kappa shape index (κ2) is 3.81. The Labute approximate surface area is 77.3 Å². The number of hydrogen-bond donors (Lipinski definition) is 0. The van der Waals surface area contributed by atoms with Gasteiger partial charge in [-0.2, -0.15) is 0 Å². The Morgan fingerprint density at radius 3 is 2.54 bits per heavy atom. The molecule has 1 aromatic heterocycles. The van der Waals surface area contributed by atoms with Crippen molar-refractivity contribution in [1.29, 1.82) is 0 Å². The summed E-state index contributed by atoms with van der Waals surface area (Å²) in [5.74, 6) is 0. The van der Waals surface area contributed by atoms with E-state index in [0.717, 1.165) is 12.1 Å². The van der Waals surface area contributed by atoms with E-state index in [9.17, 15) is 0 Å². The van der Waals surface area contributed by atoms with Crippen LogP contribution in [0.5, 0.6) is 0 Å². The lowest BCUT2D eigenvalue weighted by molar-refractivity contribution is 1.03. The zero-order valence-corrected chi connectivity index (χ0v) is 7.22. The molecule has 0 radical (unpaired) electrons. The molecule has 0 aliphatic heterocycles. The molecule has 0 aliphatic rings. The second-order valence-electron chi connectivity index (χ2n) is 2.86. The number of benzene rings is 1. The second-order valence-corrected chi connectivity index (χ2v) is 2.86. The monoisotopic (exact) mass is 170 g/mol. The maximum Gasteiger partial charge on any atom is 0.115 e. The van der Waals surface area contributed by atoms with Gasteiger partial charge in [-0.15, -0.1) is 0 Å². The first-order valence-corrected chi connectivity index (χ1v) is 4.24. The number of aromatic nitrogens is 2. The van der Waals surface area contributed by atoms with Crippen LogP contribution in [0.1, 0.15) is 11.3 Å². The van der Waals surface area contributed by atoms with Gasteiger partial charge < -0.3 is 0 Å². The van der Waals surface area contributed by atoms with Crippen LogP contribution in [0.2, 0.25) is 0 Å². The highest BCUT2D eigenvalue weighted by Gasteiger charge is 1.94. The van der Waals surface area contributed by atoms with Crippen LogP contribution in [0.4, 0.5) is 0 Å². The summed E-state index contributed by atoms with van der Waals surface area (Å²) in [5, 5.41) is 0. The topological polar surface area (TPSA) is 25.8 Å². The first kappa shape index (κ1) is 7.92. The Morgan fingerprint density at radius 2 is 1.85 bits per heavy atom. The highest BCUT2D eigenvalue weighted by atomic mass is 14.8. The van der Waals surface area contributed by atoms with Gasteiger partial charge in [0.2, 0.25) is 0 Å². The molecule has 0 fully saturated rings. The van der Waals surface area contributed by atoms with Crippen molar-refractivity contribution in [2.75, 3.05) is 0 Å². The van der Waals surface area contributed by atoms with E-state index in [1.165, 1.54) is 5.56 Å². The van der Waals surface area contributed by atoms with Crippen molar-refractivity contribution in [2.24, 2.45) is 0 Å². The van der Waals surface area contributed by atoms with Crippen molar-refractivity contribution < 1.29 is 0 Å². The molecular formula is C11H10N2. The standard InChI is InChI=1S/C11H10N2/c1-2-4-10(5-3-1)8-11-6-7-12-9-13-11/h1-7,9H,8H2. The van der Waals surface area contributed by atoms with Gasteiger partial charge in [-0.05, 0) is 11.6 Å². The molecule has 2 rings (SSSR count). The fraction of sp³-hybridized carbons (Fsp3) is 0.0909. The molecular weight excluding hydrogens is 160 g/mol. The molecule has 0 bridgehead atoms. The van der Waals surface area contributed by atoms with Crippen LogP contribution in [-0.4, -0.2) is 9.97 Å². The normalized spacial score (nSPS) is 9.85. The summed E-state index contributed by atoms with van der Waals surface area (Å²) in [6, 6.07) is 12.2. The van der Waals surface area contributed by atoms with Gasteiger partial charge in [0.1, 0.15) is 6.33 Å². The van der Waals surface area contributed by atoms with Crippen molar-refractivity contribution >= 4 is 0 Å². The SMILES string of the molecule is c1ccc(Cc2ccncn2)cc1. The molecule has 0 saturated heterocycles. The Balaban J connectivity index is 2.16. The molecule has 2 heteroatoms. The Hall–Kier alpha value is -1.70. The first-order valence-electron chi connectivity index (χ1n) is 4.24. The predicted octanol–water partition coefficient (Wildman–Crippen LogP) is 2.07. The predicted molar refractivity (Wildman–Crippen MR) is 51.3 cm³/mol. The molecule has 1 heterocycles. The third kappa shape index (κ3) is 2.12. The minimum absolute atomic E-state index is 0.878. The molecule has 1 aromatic carbocycles. The lowest BCUT2D eigenvalue weighted by atomic mass is 10.1. The van der Waals surface area contributed by atoms with Gasteiger partial charge in [0.15, 0.2) is 0 Å². The third-order valence-electron chi connectivity index (χ3n) is 1.87. The van der Waals surface area contributed by atoms with Crippen LogP contribution in [0.25, 0.3) is 0 Å². The average Bonchev–Trinajstić information content (AvgIpc) is 2.21. The van der Waals surface area contributed by atoms with Crippen LogP contribution in [-0.2, 0) is 6.42 Å². The minimum Gasteiger partial charge on any atom is -0.245 e. The largest absolute Gasteiger partial charge is 0.245 e. The third-order valence-corrected chi connectivity index (χ3v) is 1.87. The first-order chi connectivity index (χ1) is 6.45. The summed E-state index contributed by atoms with van der Waals surface area (Å²) < 4.78 is 0. The molecule has 0 atom stereocenters. The van der Waals surface area contributed by atoms with Crippen molar-refractivity contribution in [3.05, 3.63) is 60.2 Å². The van der Waals surface area contributed by atoms with Gasteiger partial charge in [-0.3, -0.25) is 0 Å². The molecule has 0 saturated carbocycles. The van der Waals surface area contributed by atoms with Gasteiger partial charge in [0, 0.05) is 18.3 Å². The van der Waals surface area contributed by atoms with E-state index < -0.39 is 0 Å². The van der Waals surface area contributed by atoms with Crippen molar-refractivity contribution in [3.8, 4) is 0 Å². The Kier molecular flexibility index (Phi) is 2.32. The van der Waals surface area contributed by atoms with Crippen LogP contribution < -0.4 is 0 Å². The van der Waals surface area contributed by atoms with Crippen molar-refractivity contribution in [1.82, 2.24) is 9.97 Å². The average molecular weight is 170 g/mol. The van der Waals surface area contributed by atoms with Crippen LogP contribution in [0.15, 0.2) is 48.9 Å². The molecule has 2 nitrogen and oxygen atoms in total. The van der Waals surface area contributed by atoms with Crippen LogP contribution in [0.3, 0.4) is 0 Å². The Bertz CT molecular complexity index is 319. The van der Waals surface area contributed by atoms with Crippen LogP contribution >= 0.6 is 0 Å². The van der Waals surface area contributed by atoms with Gasteiger partial charge >= 0.3 is 0 Å². The summed E-state index contributed by atoms with van der Waals surface area (Å²) in [6.45, 7) is 0. The maximum absolute atomic E-state index is 4.16. The van der Waals surface area contributed by atoms with Crippen LogP contribution in [0, 0.1) is 0 Å². The van der Waals surface area contributed by atoms with E-state index in [1.807, 2.05) is 24.3 Å². The van der Waals surface area contributed by atoms with E-state index >= 15 is 0 Å². The zero-order chi connectivity index (χ0) is 8.93. The molecule has 0 spiro atoms. The summed E-state index contributed by atoms with van der Waals surface area (Å²) in [6.07, 6.45) is 4.23. The van der Waals surface area contributed by atoms with E-state index in [-0.39, 0.29) is 0 Å². The molecule has 13 heavy (non-hydrogen) atoms. The summed E-state index contributed by atoms with van der Waals surface area (Å²) in [4.78, 5) is 8.04. The molecule has 0 amide bonds. The number of rotatable bonds is 2. The summed E-state index contributed by atoms with van der Waals surface area (Å²) in [5.41, 5.74) is 2.34. The smallest absolute Gasteiger partial charge is 0.115 e. The number of nitrogens with zero attached hydrogens (tertiary/aromatic N) is 2. The van der Waals surface area contributed by atoms with Crippen molar-refractivity contribution in [2.45, 2.75) is 6.42 Å². The lowest BCUT2D eigenvalue weighted by Gasteiger charge is -1.98. The van der Waals surface area contributed by atoms with E-state index in [2.05, 4.69) is 22.1 Å². The Morgan fingerprint density at radius 1 is 1.00 bits per heavy atom. The van der Waals surface area contributed by atoms with Gasteiger partial charge in [-0.25, -0.2) is 9.97 Å². The minimum atomic E-state index is 0.878. The maximum atomic E-state index is 4.16. The van der Waals surface area contributed by atoms with E-state index in [4.69, 9.17) is 0 Å². The van der Waals surface area contributed by atoms with Gasteiger partial charge in [0.25, 0.3) is 0 Å². The lowest BCUT2D eigenvalue weighted by Crippen LogP contribution is -1.91. The fourth-order valence-electron chi connectivity index (χ4n) is 1.23. The molecule has 0 unspecified atom stereocenters. The van der Waals surface area contributed by atoms with E-state index in [0.29, 0.717) is 0 Å². The molecule has 64 valence electrons. The fourth-order valence-corrected chi connectivity index (χ4v) is 1.23. The quantitative estimate of drug-likeness (QED) is 0.689. The summed E-state index contributed by atoms with van der Waals surface area (Å²) in [7, 11) is 0. The summed E-state index contributed by atoms with van der Waals surface area (Å²) >= 11 is 0. The van der Waals surface area contributed by atoms with Gasteiger partial charge in [0.05, 0.1) is 0 Å². The zero-order valence-electron chi connectivity index (χ0n) is 7.22. The van der Waals surface area contributed by atoms with E-state index in [1.54, 1.807) is 12.5 Å². The molecule has 0 N–H and O–H groups in total. The highest BCUT2D eigenvalue weighted by molar-refractivity contribution is 5.20. The molecule has 0 aliphatic carbocycles. The number of hydrogen-bond acceptors (Lipinski definition) is 2.